The summed E-state index contributed by atoms with van der Waals surface area (Å²) in [5, 5.41) is 10.1. The standard InChI is InChI=1S/C9H17N3/c1-9(2,3)8(10-4)7-5-11-12-6-7/h5-6,8,10H,1-4H3,(H,11,12). The van der Waals surface area contributed by atoms with Crippen molar-refractivity contribution in [3.05, 3.63) is 18.0 Å². The van der Waals surface area contributed by atoms with Gasteiger partial charge < -0.3 is 5.32 Å². The molecule has 1 aromatic heterocycles. The molecular formula is C9H17N3. The molecule has 0 amide bonds. The van der Waals surface area contributed by atoms with Gasteiger partial charge in [0.2, 0.25) is 0 Å². The molecule has 1 unspecified atom stereocenters. The molecule has 68 valence electrons. The first-order chi connectivity index (χ1) is 5.55. The van der Waals surface area contributed by atoms with Crippen molar-refractivity contribution in [2.75, 3.05) is 7.05 Å². The van der Waals surface area contributed by atoms with Crippen LogP contribution in [0.4, 0.5) is 0 Å². The van der Waals surface area contributed by atoms with Crippen LogP contribution in [0.2, 0.25) is 0 Å². The topological polar surface area (TPSA) is 40.7 Å². The van der Waals surface area contributed by atoms with Crippen LogP contribution in [-0.4, -0.2) is 17.2 Å². The molecule has 0 aromatic carbocycles. The molecule has 3 heteroatoms. The Morgan fingerprint density at radius 1 is 1.50 bits per heavy atom. The molecule has 12 heavy (non-hydrogen) atoms. The van der Waals surface area contributed by atoms with E-state index >= 15 is 0 Å². The molecule has 0 radical (unpaired) electrons. The van der Waals surface area contributed by atoms with Crippen molar-refractivity contribution >= 4 is 0 Å². The Kier molecular flexibility index (Phi) is 2.52. The van der Waals surface area contributed by atoms with Crippen molar-refractivity contribution in [3.63, 3.8) is 0 Å². The number of hydrogen-bond acceptors (Lipinski definition) is 2. The molecule has 0 saturated heterocycles. The van der Waals surface area contributed by atoms with E-state index in [2.05, 4.69) is 36.3 Å². The van der Waals surface area contributed by atoms with Crippen LogP contribution in [0.15, 0.2) is 12.4 Å². The third-order valence-electron chi connectivity index (χ3n) is 2.01. The van der Waals surface area contributed by atoms with Gasteiger partial charge in [0.15, 0.2) is 0 Å². The van der Waals surface area contributed by atoms with E-state index in [0.29, 0.717) is 6.04 Å². The van der Waals surface area contributed by atoms with Gasteiger partial charge in [-0.1, -0.05) is 20.8 Å². The molecule has 2 N–H and O–H groups in total. The Labute approximate surface area is 73.6 Å². The Balaban J connectivity index is 2.84. The van der Waals surface area contributed by atoms with E-state index in [0.717, 1.165) is 0 Å². The Morgan fingerprint density at radius 3 is 2.50 bits per heavy atom. The van der Waals surface area contributed by atoms with Gasteiger partial charge in [-0.15, -0.1) is 0 Å². The minimum atomic E-state index is 0.221. The highest BCUT2D eigenvalue weighted by Crippen LogP contribution is 2.31. The third-order valence-corrected chi connectivity index (χ3v) is 2.01. The lowest BCUT2D eigenvalue weighted by atomic mass is 9.84. The van der Waals surface area contributed by atoms with Crippen molar-refractivity contribution in [2.45, 2.75) is 26.8 Å². The number of H-pyrrole nitrogens is 1. The molecule has 1 atom stereocenters. The summed E-state index contributed by atoms with van der Waals surface area (Å²) in [4.78, 5) is 0. The maximum atomic E-state index is 3.94. The molecule has 1 aromatic rings. The average molecular weight is 167 g/mol. The highest BCUT2D eigenvalue weighted by molar-refractivity contribution is 5.12. The number of nitrogens with zero attached hydrogens (tertiary/aromatic N) is 1. The second kappa shape index (κ2) is 3.27. The van der Waals surface area contributed by atoms with E-state index in [1.807, 2.05) is 19.4 Å². The first-order valence-corrected chi connectivity index (χ1v) is 4.21. The van der Waals surface area contributed by atoms with Crippen molar-refractivity contribution in [1.29, 1.82) is 0 Å². The van der Waals surface area contributed by atoms with Crippen LogP contribution in [0.1, 0.15) is 32.4 Å². The van der Waals surface area contributed by atoms with Crippen molar-refractivity contribution in [3.8, 4) is 0 Å². The summed E-state index contributed by atoms with van der Waals surface area (Å²) < 4.78 is 0. The molecule has 0 bridgehead atoms. The van der Waals surface area contributed by atoms with Crippen LogP contribution in [0.5, 0.6) is 0 Å². The lowest BCUT2D eigenvalue weighted by Gasteiger charge is -2.29. The summed E-state index contributed by atoms with van der Waals surface area (Å²) in [5.41, 5.74) is 1.43. The van der Waals surface area contributed by atoms with Crippen LogP contribution in [0.25, 0.3) is 0 Å². The van der Waals surface area contributed by atoms with E-state index in [1.54, 1.807) is 0 Å². The Morgan fingerprint density at radius 2 is 2.17 bits per heavy atom. The molecule has 1 heterocycles. The largest absolute Gasteiger partial charge is 0.312 e. The first-order valence-electron chi connectivity index (χ1n) is 4.21. The van der Waals surface area contributed by atoms with E-state index in [9.17, 15) is 0 Å². The fraction of sp³-hybridized carbons (Fsp3) is 0.667. The Hall–Kier alpha value is -0.830. The van der Waals surface area contributed by atoms with Gasteiger partial charge in [0.1, 0.15) is 0 Å². The van der Waals surface area contributed by atoms with Crippen molar-refractivity contribution in [2.24, 2.45) is 5.41 Å². The summed E-state index contributed by atoms with van der Waals surface area (Å²) >= 11 is 0. The highest BCUT2D eigenvalue weighted by atomic mass is 15.1. The van der Waals surface area contributed by atoms with Crippen LogP contribution in [-0.2, 0) is 0 Å². The summed E-state index contributed by atoms with van der Waals surface area (Å²) in [6, 6.07) is 0.358. The van der Waals surface area contributed by atoms with Crippen molar-refractivity contribution in [1.82, 2.24) is 15.5 Å². The quantitative estimate of drug-likeness (QED) is 0.704. The van der Waals surface area contributed by atoms with E-state index in [1.165, 1.54) is 5.56 Å². The summed E-state index contributed by atoms with van der Waals surface area (Å²) in [6.07, 6.45) is 3.80. The molecule has 0 fully saturated rings. The number of aromatic nitrogens is 2. The predicted octanol–water partition coefficient (Wildman–Crippen LogP) is 1.72. The molecule has 3 nitrogen and oxygen atoms in total. The normalized spacial score (nSPS) is 14.7. The second-order valence-corrected chi connectivity index (χ2v) is 4.12. The van der Waals surface area contributed by atoms with Crippen molar-refractivity contribution < 1.29 is 0 Å². The molecule has 0 aliphatic carbocycles. The van der Waals surface area contributed by atoms with Crippen LogP contribution in [0, 0.1) is 5.41 Å². The minimum absolute atomic E-state index is 0.221. The maximum Gasteiger partial charge on any atom is 0.0535 e. The van der Waals surface area contributed by atoms with E-state index in [-0.39, 0.29) is 5.41 Å². The summed E-state index contributed by atoms with van der Waals surface area (Å²) in [7, 11) is 1.98. The number of nitrogens with one attached hydrogen (secondary N) is 2. The van der Waals surface area contributed by atoms with Crippen LogP contribution < -0.4 is 5.32 Å². The lowest BCUT2D eigenvalue weighted by molar-refractivity contribution is 0.287. The van der Waals surface area contributed by atoms with E-state index in [4.69, 9.17) is 0 Å². The summed E-state index contributed by atoms with van der Waals surface area (Å²) in [6.45, 7) is 6.63. The molecule has 0 aliphatic heterocycles. The van der Waals surface area contributed by atoms with Gasteiger partial charge in [0, 0.05) is 17.8 Å². The van der Waals surface area contributed by atoms with Crippen LogP contribution in [0.3, 0.4) is 0 Å². The van der Waals surface area contributed by atoms with Crippen LogP contribution >= 0.6 is 0 Å². The predicted molar refractivity (Wildman–Crippen MR) is 49.8 cm³/mol. The number of rotatable bonds is 2. The van der Waals surface area contributed by atoms with Gasteiger partial charge in [-0.25, -0.2) is 0 Å². The highest BCUT2D eigenvalue weighted by Gasteiger charge is 2.24. The zero-order valence-electron chi connectivity index (χ0n) is 8.18. The zero-order valence-corrected chi connectivity index (χ0v) is 8.18. The molecule has 0 saturated carbocycles. The molecule has 0 spiro atoms. The SMILES string of the molecule is CNC(c1cn[nH]c1)C(C)(C)C. The number of aromatic amines is 1. The summed E-state index contributed by atoms with van der Waals surface area (Å²) in [5.74, 6) is 0. The minimum Gasteiger partial charge on any atom is -0.312 e. The monoisotopic (exact) mass is 167 g/mol. The average Bonchev–Trinajstić information content (AvgIpc) is 2.38. The Bertz CT molecular complexity index is 220. The van der Waals surface area contributed by atoms with Gasteiger partial charge in [-0.3, -0.25) is 5.10 Å². The smallest absolute Gasteiger partial charge is 0.0535 e. The fourth-order valence-corrected chi connectivity index (χ4v) is 1.52. The van der Waals surface area contributed by atoms with Gasteiger partial charge in [-0.2, -0.15) is 5.10 Å². The third kappa shape index (κ3) is 1.85. The molecular weight excluding hydrogens is 150 g/mol. The van der Waals surface area contributed by atoms with E-state index < -0.39 is 0 Å². The fourth-order valence-electron chi connectivity index (χ4n) is 1.52. The van der Waals surface area contributed by atoms with Gasteiger partial charge in [0.25, 0.3) is 0 Å². The maximum absolute atomic E-state index is 3.94. The molecule has 0 aliphatic rings. The zero-order chi connectivity index (χ0) is 9.19. The number of hydrogen-bond donors (Lipinski definition) is 2. The van der Waals surface area contributed by atoms with Gasteiger partial charge in [-0.05, 0) is 12.5 Å². The second-order valence-electron chi connectivity index (χ2n) is 4.12. The first kappa shape index (κ1) is 9.26. The molecule has 1 rings (SSSR count). The van der Waals surface area contributed by atoms with Gasteiger partial charge >= 0.3 is 0 Å². The lowest BCUT2D eigenvalue weighted by Crippen LogP contribution is -2.29. The van der Waals surface area contributed by atoms with Gasteiger partial charge in [0.05, 0.1) is 6.20 Å².